The van der Waals surface area contributed by atoms with Gasteiger partial charge in [0.2, 0.25) is 0 Å². The van der Waals surface area contributed by atoms with Gasteiger partial charge in [-0.15, -0.1) is 0 Å². The van der Waals surface area contributed by atoms with Gasteiger partial charge in [0.25, 0.3) is 0 Å². The van der Waals surface area contributed by atoms with Crippen molar-refractivity contribution in [1.29, 1.82) is 0 Å². The van der Waals surface area contributed by atoms with E-state index in [0.29, 0.717) is 11.0 Å². The molecule has 0 atom stereocenters. The lowest BCUT2D eigenvalue weighted by atomic mass is 9.96. The predicted molar refractivity (Wildman–Crippen MR) is 105 cm³/mol. The van der Waals surface area contributed by atoms with Crippen molar-refractivity contribution < 1.29 is 8.83 Å². The van der Waals surface area contributed by atoms with Gasteiger partial charge in [-0.3, -0.25) is 0 Å². The molecule has 0 aliphatic rings. The van der Waals surface area contributed by atoms with Gasteiger partial charge < -0.3 is 8.83 Å². The Morgan fingerprint density at radius 2 is 1.04 bits per heavy atom. The summed E-state index contributed by atoms with van der Waals surface area (Å²) in [5.74, 6) is 0. The van der Waals surface area contributed by atoms with Crippen molar-refractivity contribution in [3.63, 3.8) is 0 Å². The number of benzene rings is 4. The maximum Gasteiger partial charge on any atom is 0.344 e. The van der Waals surface area contributed by atoms with E-state index in [1.165, 1.54) is 0 Å². The summed E-state index contributed by atoms with van der Waals surface area (Å²) in [7, 11) is 0. The molecule has 26 heavy (non-hydrogen) atoms. The van der Waals surface area contributed by atoms with Crippen LogP contribution in [0.15, 0.2) is 86.4 Å². The molecule has 0 radical (unpaired) electrons. The molecule has 122 valence electrons. The van der Waals surface area contributed by atoms with Crippen molar-refractivity contribution in [2.75, 3.05) is 0 Å². The first-order valence-electron chi connectivity index (χ1n) is 8.50. The second-order valence-electron chi connectivity index (χ2n) is 6.48. The highest BCUT2D eigenvalue weighted by Gasteiger charge is 2.20. The number of para-hydroxylation sites is 2. The fourth-order valence-corrected chi connectivity index (χ4v) is 4.04. The van der Waals surface area contributed by atoms with Crippen molar-refractivity contribution in [3.05, 3.63) is 83.2 Å². The molecule has 0 saturated heterocycles. The molecule has 2 heterocycles. The van der Waals surface area contributed by atoms with Crippen LogP contribution >= 0.6 is 0 Å². The Labute approximate surface area is 147 Å². The van der Waals surface area contributed by atoms with Crippen LogP contribution in [0.2, 0.25) is 0 Å². The van der Waals surface area contributed by atoms with Gasteiger partial charge in [-0.25, -0.2) is 4.79 Å². The molecule has 0 amide bonds. The van der Waals surface area contributed by atoms with E-state index in [-0.39, 0.29) is 5.63 Å². The van der Waals surface area contributed by atoms with Crippen LogP contribution in [0.5, 0.6) is 0 Å². The quantitative estimate of drug-likeness (QED) is 0.252. The van der Waals surface area contributed by atoms with E-state index in [1.54, 1.807) is 0 Å². The molecule has 0 aliphatic heterocycles. The highest BCUT2D eigenvalue weighted by molar-refractivity contribution is 6.33. The zero-order chi connectivity index (χ0) is 17.3. The average Bonchev–Trinajstić information content (AvgIpc) is 3.07. The van der Waals surface area contributed by atoms with E-state index in [1.807, 2.05) is 72.8 Å². The van der Waals surface area contributed by atoms with Crippen LogP contribution in [-0.4, -0.2) is 0 Å². The van der Waals surface area contributed by atoms with Crippen LogP contribution in [0.1, 0.15) is 0 Å². The van der Waals surface area contributed by atoms with E-state index in [2.05, 4.69) is 0 Å². The normalized spacial score (nSPS) is 12.0. The molecule has 3 nitrogen and oxygen atoms in total. The summed E-state index contributed by atoms with van der Waals surface area (Å²) in [5, 5.41) is 6.20. The summed E-state index contributed by atoms with van der Waals surface area (Å²) in [6.45, 7) is 0. The van der Waals surface area contributed by atoms with Crippen molar-refractivity contribution in [2.24, 2.45) is 0 Å². The molecular formula is C23H12O3. The van der Waals surface area contributed by atoms with Gasteiger partial charge in [-0.2, -0.15) is 0 Å². The Morgan fingerprint density at radius 3 is 1.77 bits per heavy atom. The van der Waals surface area contributed by atoms with Crippen LogP contribution in [0.25, 0.3) is 54.5 Å². The molecule has 0 fully saturated rings. The maximum atomic E-state index is 13.0. The zero-order valence-electron chi connectivity index (χ0n) is 13.7. The minimum Gasteiger partial charge on any atom is -0.455 e. The van der Waals surface area contributed by atoms with Gasteiger partial charge in [0.05, 0.1) is 5.39 Å². The monoisotopic (exact) mass is 336 g/mol. The van der Waals surface area contributed by atoms with E-state index < -0.39 is 0 Å². The Morgan fingerprint density at radius 1 is 0.500 bits per heavy atom. The highest BCUT2D eigenvalue weighted by Crippen LogP contribution is 2.41. The standard InChI is InChI=1S/C23H12O3/c24-23-21-19(15-9-3-6-12-18(15)26-23)13-7-1-2-8-14(13)22-20(21)16-10-4-5-11-17(16)25-22/h1-12H. The molecule has 0 N–H and O–H groups in total. The van der Waals surface area contributed by atoms with Crippen molar-refractivity contribution >= 4 is 54.5 Å². The van der Waals surface area contributed by atoms with Crippen LogP contribution in [0, 0.1) is 0 Å². The molecule has 3 heteroatoms. The smallest absolute Gasteiger partial charge is 0.344 e. The zero-order valence-corrected chi connectivity index (χ0v) is 13.7. The molecule has 6 rings (SSSR count). The van der Waals surface area contributed by atoms with E-state index in [0.717, 1.165) is 43.5 Å². The summed E-state index contributed by atoms with van der Waals surface area (Å²) in [5.41, 5.74) is 1.77. The molecule has 0 spiro atoms. The fourth-order valence-electron chi connectivity index (χ4n) is 4.04. The molecule has 0 saturated carbocycles. The SMILES string of the molecule is O=c1oc2ccccc2c2c3ccccc3c3oc4ccccc4c3c12. The molecule has 2 aromatic heterocycles. The van der Waals surface area contributed by atoms with Crippen molar-refractivity contribution in [2.45, 2.75) is 0 Å². The summed E-state index contributed by atoms with van der Waals surface area (Å²) >= 11 is 0. The second kappa shape index (κ2) is 4.73. The average molecular weight is 336 g/mol. The van der Waals surface area contributed by atoms with Crippen molar-refractivity contribution in [1.82, 2.24) is 0 Å². The number of furan rings is 1. The van der Waals surface area contributed by atoms with E-state index in [9.17, 15) is 4.79 Å². The van der Waals surface area contributed by atoms with Crippen LogP contribution in [0.3, 0.4) is 0 Å². The summed E-state index contributed by atoms with van der Waals surface area (Å²) in [4.78, 5) is 13.0. The lowest BCUT2D eigenvalue weighted by Crippen LogP contribution is -2.01. The maximum absolute atomic E-state index is 13.0. The Kier molecular flexibility index (Phi) is 2.49. The Hall–Kier alpha value is -3.59. The summed E-state index contributed by atoms with van der Waals surface area (Å²) in [6.07, 6.45) is 0. The number of hydrogen-bond acceptors (Lipinski definition) is 3. The lowest BCUT2D eigenvalue weighted by molar-refractivity contribution is 0.570. The largest absolute Gasteiger partial charge is 0.455 e. The molecule has 6 aromatic rings. The van der Waals surface area contributed by atoms with Gasteiger partial charge in [-0.05, 0) is 17.5 Å². The third kappa shape index (κ3) is 1.60. The predicted octanol–water partition coefficient (Wildman–Crippen LogP) is 6.00. The minimum atomic E-state index is -0.332. The summed E-state index contributed by atoms with van der Waals surface area (Å²) in [6, 6.07) is 23.6. The molecule has 0 bridgehead atoms. The van der Waals surface area contributed by atoms with Gasteiger partial charge in [-0.1, -0.05) is 60.7 Å². The first-order chi connectivity index (χ1) is 12.8. The van der Waals surface area contributed by atoms with E-state index in [4.69, 9.17) is 8.83 Å². The van der Waals surface area contributed by atoms with Crippen molar-refractivity contribution in [3.8, 4) is 0 Å². The number of rotatable bonds is 0. The molecule has 4 aromatic carbocycles. The van der Waals surface area contributed by atoms with Crippen LogP contribution in [0.4, 0.5) is 0 Å². The van der Waals surface area contributed by atoms with Gasteiger partial charge >= 0.3 is 5.63 Å². The van der Waals surface area contributed by atoms with Gasteiger partial charge in [0, 0.05) is 26.9 Å². The highest BCUT2D eigenvalue weighted by atomic mass is 16.4. The fraction of sp³-hybridized carbons (Fsp3) is 0. The molecular weight excluding hydrogens is 324 g/mol. The van der Waals surface area contributed by atoms with E-state index >= 15 is 0 Å². The Bertz CT molecular complexity index is 1550. The summed E-state index contributed by atoms with van der Waals surface area (Å²) < 4.78 is 11.8. The first-order valence-corrected chi connectivity index (χ1v) is 8.50. The third-order valence-corrected chi connectivity index (χ3v) is 5.10. The van der Waals surface area contributed by atoms with Gasteiger partial charge in [0.15, 0.2) is 0 Å². The topological polar surface area (TPSA) is 43.4 Å². The third-order valence-electron chi connectivity index (χ3n) is 5.10. The number of hydrogen-bond donors (Lipinski definition) is 0. The molecule has 0 unspecified atom stereocenters. The second-order valence-corrected chi connectivity index (χ2v) is 6.48. The first kappa shape index (κ1) is 13.7. The lowest BCUT2D eigenvalue weighted by Gasteiger charge is -2.08. The van der Waals surface area contributed by atoms with Crippen LogP contribution in [-0.2, 0) is 0 Å². The Balaban J connectivity index is 2.12. The number of fused-ring (bicyclic) bond motifs is 10. The minimum absolute atomic E-state index is 0.332. The van der Waals surface area contributed by atoms with Crippen LogP contribution < -0.4 is 5.63 Å². The van der Waals surface area contributed by atoms with Gasteiger partial charge in [0.1, 0.15) is 16.7 Å². The molecule has 0 aliphatic carbocycles.